The third-order valence-electron chi connectivity index (χ3n) is 3.11. The molecule has 0 bridgehead atoms. The minimum absolute atomic E-state index is 0.428. The number of carbonyl (C=O) groups is 1. The van der Waals surface area contributed by atoms with E-state index in [9.17, 15) is 18.7 Å². The molecule has 0 aliphatic rings. The summed E-state index contributed by atoms with van der Waals surface area (Å²) in [6, 6.07) is 9.93. The van der Waals surface area contributed by atoms with Crippen molar-refractivity contribution in [3.8, 4) is 0 Å². The maximum Gasteiger partial charge on any atom is 0.333 e. The molecule has 2 aromatic rings. The van der Waals surface area contributed by atoms with E-state index in [1.54, 1.807) is 24.3 Å². The molecule has 21 heavy (non-hydrogen) atoms. The minimum Gasteiger partial charge on any atom is -0.479 e. The highest BCUT2D eigenvalue weighted by atomic mass is 79.9. The lowest BCUT2D eigenvalue weighted by Gasteiger charge is -2.28. The van der Waals surface area contributed by atoms with E-state index in [4.69, 9.17) is 0 Å². The maximum absolute atomic E-state index is 13.9. The Balaban J connectivity index is 2.53. The van der Waals surface area contributed by atoms with Gasteiger partial charge in [-0.15, -0.1) is 0 Å². The standard InChI is InChI=1S/C15H12BrF2NO2/c1-15(14(20)21,13-11(17)6-3-7-12(13)18)19-10-5-2-4-9(16)8-10/h2-8,19H,1H3,(H,20,21). The van der Waals surface area contributed by atoms with Gasteiger partial charge in [-0.1, -0.05) is 28.1 Å². The lowest BCUT2D eigenvalue weighted by Crippen LogP contribution is -2.42. The molecule has 0 radical (unpaired) electrons. The quantitative estimate of drug-likeness (QED) is 0.866. The Hall–Kier alpha value is -1.95. The number of hydrogen-bond acceptors (Lipinski definition) is 2. The average Bonchev–Trinajstić information content (AvgIpc) is 2.38. The zero-order valence-corrected chi connectivity index (χ0v) is 12.6. The molecule has 0 saturated heterocycles. The summed E-state index contributed by atoms with van der Waals surface area (Å²) in [4.78, 5) is 11.6. The van der Waals surface area contributed by atoms with Gasteiger partial charge < -0.3 is 10.4 Å². The molecule has 2 N–H and O–H groups in total. The third-order valence-corrected chi connectivity index (χ3v) is 3.60. The Labute approximate surface area is 128 Å². The van der Waals surface area contributed by atoms with Gasteiger partial charge >= 0.3 is 5.97 Å². The van der Waals surface area contributed by atoms with Crippen molar-refractivity contribution in [3.05, 3.63) is 64.1 Å². The van der Waals surface area contributed by atoms with Crippen LogP contribution in [0.5, 0.6) is 0 Å². The highest BCUT2D eigenvalue weighted by molar-refractivity contribution is 9.10. The predicted molar refractivity (Wildman–Crippen MR) is 79.1 cm³/mol. The summed E-state index contributed by atoms with van der Waals surface area (Å²) in [7, 11) is 0. The fourth-order valence-corrected chi connectivity index (χ4v) is 2.45. The van der Waals surface area contributed by atoms with Crippen LogP contribution in [0.1, 0.15) is 12.5 Å². The second-order valence-corrected chi connectivity index (χ2v) is 5.58. The molecule has 1 unspecified atom stereocenters. The van der Waals surface area contributed by atoms with E-state index in [-0.39, 0.29) is 0 Å². The van der Waals surface area contributed by atoms with E-state index in [1.165, 1.54) is 13.0 Å². The molecular weight excluding hydrogens is 344 g/mol. The Kier molecular flexibility index (Phi) is 4.27. The first kappa shape index (κ1) is 15.4. The lowest BCUT2D eigenvalue weighted by molar-refractivity contribution is -0.142. The van der Waals surface area contributed by atoms with Crippen LogP contribution in [0.2, 0.25) is 0 Å². The van der Waals surface area contributed by atoms with Gasteiger partial charge in [-0.2, -0.15) is 0 Å². The van der Waals surface area contributed by atoms with Crippen molar-refractivity contribution in [1.29, 1.82) is 0 Å². The molecule has 0 amide bonds. The second-order valence-electron chi connectivity index (χ2n) is 4.66. The molecule has 0 aliphatic heterocycles. The van der Waals surface area contributed by atoms with Crippen LogP contribution < -0.4 is 5.32 Å². The Bertz CT molecular complexity index is 673. The molecule has 3 nitrogen and oxygen atoms in total. The number of hydrogen-bond donors (Lipinski definition) is 2. The maximum atomic E-state index is 13.9. The zero-order chi connectivity index (χ0) is 15.6. The molecule has 0 aromatic heterocycles. The fraction of sp³-hybridized carbons (Fsp3) is 0.133. The van der Waals surface area contributed by atoms with Gasteiger partial charge in [-0.25, -0.2) is 13.6 Å². The van der Waals surface area contributed by atoms with E-state index >= 15 is 0 Å². The molecular formula is C15H12BrF2NO2. The molecule has 6 heteroatoms. The van der Waals surface area contributed by atoms with Crippen LogP contribution in [0, 0.1) is 11.6 Å². The van der Waals surface area contributed by atoms with Crippen molar-refractivity contribution in [2.24, 2.45) is 0 Å². The minimum atomic E-state index is -1.93. The molecule has 0 heterocycles. The topological polar surface area (TPSA) is 49.3 Å². The molecule has 0 saturated carbocycles. The largest absolute Gasteiger partial charge is 0.479 e. The van der Waals surface area contributed by atoms with Crippen LogP contribution in [-0.2, 0) is 10.3 Å². The number of carboxylic acid groups (broad SMARTS) is 1. The number of carboxylic acids is 1. The number of rotatable bonds is 4. The Morgan fingerprint density at radius 1 is 1.19 bits per heavy atom. The van der Waals surface area contributed by atoms with Crippen molar-refractivity contribution in [1.82, 2.24) is 0 Å². The molecule has 110 valence electrons. The monoisotopic (exact) mass is 355 g/mol. The van der Waals surface area contributed by atoms with Gasteiger partial charge in [0.05, 0.1) is 5.56 Å². The Morgan fingerprint density at radius 2 is 1.76 bits per heavy atom. The molecule has 2 aromatic carbocycles. The van der Waals surface area contributed by atoms with Crippen molar-refractivity contribution < 1.29 is 18.7 Å². The highest BCUT2D eigenvalue weighted by Crippen LogP contribution is 2.31. The van der Waals surface area contributed by atoms with E-state index in [0.717, 1.165) is 12.1 Å². The van der Waals surface area contributed by atoms with E-state index < -0.39 is 28.7 Å². The van der Waals surface area contributed by atoms with Gasteiger partial charge in [-0.3, -0.25) is 0 Å². The molecule has 1 atom stereocenters. The number of anilines is 1. The average molecular weight is 356 g/mol. The first-order valence-electron chi connectivity index (χ1n) is 6.06. The third kappa shape index (κ3) is 3.05. The van der Waals surface area contributed by atoms with E-state index in [2.05, 4.69) is 21.2 Å². The summed E-state index contributed by atoms with van der Waals surface area (Å²) in [5.74, 6) is -3.21. The Morgan fingerprint density at radius 3 is 2.29 bits per heavy atom. The first-order valence-corrected chi connectivity index (χ1v) is 6.85. The summed E-state index contributed by atoms with van der Waals surface area (Å²) >= 11 is 3.26. The molecule has 0 aliphatic carbocycles. The number of nitrogens with one attached hydrogen (secondary N) is 1. The normalized spacial score (nSPS) is 13.5. The number of aliphatic carboxylic acids is 1. The molecule has 0 spiro atoms. The number of benzene rings is 2. The summed E-state index contributed by atoms with van der Waals surface area (Å²) < 4.78 is 28.6. The SMILES string of the molecule is CC(Nc1cccc(Br)c1)(C(=O)O)c1c(F)cccc1F. The van der Waals surface area contributed by atoms with Gasteiger partial charge in [-0.05, 0) is 37.3 Å². The van der Waals surface area contributed by atoms with Crippen molar-refractivity contribution in [3.63, 3.8) is 0 Å². The van der Waals surface area contributed by atoms with Crippen molar-refractivity contribution in [2.75, 3.05) is 5.32 Å². The van der Waals surface area contributed by atoms with Crippen molar-refractivity contribution in [2.45, 2.75) is 12.5 Å². The van der Waals surface area contributed by atoms with E-state index in [1.807, 2.05) is 0 Å². The van der Waals surface area contributed by atoms with E-state index in [0.29, 0.717) is 10.2 Å². The summed E-state index contributed by atoms with van der Waals surface area (Å²) in [6.45, 7) is 1.22. The van der Waals surface area contributed by atoms with Crippen LogP contribution in [-0.4, -0.2) is 11.1 Å². The van der Waals surface area contributed by atoms with Crippen LogP contribution in [0.25, 0.3) is 0 Å². The van der Waals surface area contributed by atoms with Crippen LogP contribution >= 0.6 is 15.9 Å². The second kappa shape index (κ2) is 5.81. The smallest absolute Gasteiger partial charge is 0.333 e. The zero-order valence-electron chi connectivity index (χ0n) is 11.0. The highest BCUT2D eigenvalue weighted by Gasteiger charge is 2.40. The first-order chi connectivity index (χ1) is 9.84. The predicted octanol–water partition coefficient (Wildman–Crippen LogP) is 4.14. The fourth-order valence-electron chi connectivity index (χ4n) is 2.05. The van der Waals surface area contributed by atoms with Gasteiger partial charge in [0.25, 0.3) is 0 Å². The van der Waals surface area contributed by atoms with Gasteiger partial charge in [0.15, 0.2) is 5.54 Å². The van der Waals surface area contributed by atoms with Gasteiger partial charge in [0.1, 0.15) is 11.6 Å². The lowest BCUT2D eigenvalue weighted by atomic mass is 9.90. The molecule has 0 fully saturated rings. The van der Waals surface area contributed by atoms with Gasteiger partial charge in [0.2, 0.25) is 0 Å². The summed E-state index contributed by atoms with van der Waals surface area (Å²) in [5, 5.41) is 12.1. The number of halogens is 3. The van der Waals surface area contributed by atoms with Gasteiger partial charge in [0, 0.05) is 10.2 Å². The van der Waals surface area contributed by atoms with Crippen LogP contribution in [0.4, 0.5) is 14.5 Å². The van der Waals surface area contributed by atoms with Crippen molar-refractivity contribution >= 4 is 27.6 Å². The summed E-state index contributed by atoms with van der Waals surface area (Å²) in [6.07, 6.45) is 0. The van der Waals surface area contributed by atoms with Crippen LogP contribution in [0.3, 0.4) is 0 Å². The molecule has 2 rings (SSSR count). The van der Waals surface area contributed by atoms with Crippen LogP contribution in [0.15, 0.2) is 46.9 Å². The summed E-state index contributed by atoms with van der Waals surface area (Å²) in [5.41, 5.74) is -2.04.